The highest BCUT2D eigenvalue weighted by Gasteiger charge is 2.22. The molecule has 1 amide bonds. The number of nitrogens with zero attached hydrogens (tertiary/aromatic N) is 2. The summed E-state index contributed by atoms with van der Waals surface area (Å²) in [7, 11) is 0. The summed E-state index contributed by atoms with van der Waals surface area (Å²) in [4.78, 5) is 16.7. The van der Waals surface area contributed by atoms with Gasteiger partial charge in [-0.1, -0.05) is 0 Å². The van der Waals surface area contributed by atoms with Crippen molar-refractivity contribution < 1.29 is 9.21 Å². The van der Waals surface area contributed by atoms with E-state index in [-0.39, 0.29) is 5.91 Å². The molecule has 5 heteroatoms. The third kappa shape index (κ3) is 4.08. The number of carbonyl (C=O) groups excluding carboxylic acids is 1. The first-order chi connectivity index (χ1) is 9.70. The van der Waals surface area contributed by atoms with Gasteiger partial charge < -0.3 is 20.0 Å². The lowest BCUT2D eigenvalue weighted by atomic mass is 10.3. The van der Waals surface area contributed by atoms with Gasteiger partial charge in [-0.05, 0) is 58.0 Å². The quantitative estimate of drug-likeness (QED) is 0.829. The van der Waals surface area contributed by atoms with Crippen molar-refractivity contribution in [3.63, 3.8) is 0 Å². The van der Waals surface area contributed by atoms with Gasteiger partial charge >= 0.3 is 0 Å². The van der Waals surface area contributed by atoms with Crippen LogP contribution in [-0.2, 0) is 0 Å². The van der Waals surface area contributed by atoms with Crippen LogP contribution in [0.3, 0.4) is 0 Å². The molecule has 0 aliphatic carbocycles. The minimum atomic E-state index is 0.0157. The lowest BCUT2D eigenvalue weighted by molar-refractivity contribution is 0.0728. The van der Waals surface area contributed by atoms with E-state index in [1.54, 1.807) is 6.07 Å². The second-order valence-corrected chi connectivity index (χ2v) is 5.39. The Hall–Kier alpha value is -1.33. The van der Waals surface area contributed by atoms with Gasteiger partial charge in [-0.3, -0.25) is 4.79 Å². The van der Waals surface area contributed by atoms with E-state index in [1.807, 2.05) is 17.9 Å². The molecular formula is C15H25N3O2. The van der Waals surface area contributed by atoms with Gasteiger partial charge in [0.05, 0.1) is 0 Å². The first kappa shape index (κ1) is 15.1. The second kappa shape index (κ2) is 7.45. The van der Waals surface area contributed by atoms with Gasteiger partial charge in [0.15, 0.2) is 5.76 Å². The Balaban J connectivity index is 1.84. The molecule has 1 fully saturated rings. The molecule has 0 radical (unpaired) electrons. The van der Waals surface area contributed by atoms with Crippen molar-refractivity contribution in [2.24, 2.45) is 5.73 Å². The molecule has 1 aliphatic rings. The average molecular weight is 279 g/mol. The SMILES string of the molecule is Cc1ccc(C(=O)N2CCCN(CCCCN)CC2)o1. The van der Waals surface area contributed by atoms with Gasteiger partial charge in [-0.15, -0.1) is 0 Å². The summed E-state index contributed by atoms with van der Waals surface area (Å²) in [6, 6.07) is 3.60. The minimum absolute atomic E-state index is 0.0157. The van der Waals surface area contributed by atoms with Crippen LogP contribution in [0.15, 0.2) is 16.5 Å². The van der Waals surface area contributed by atoms with Crippen molar-refractivity contribution in [2.45, 2.75) is 26.2 Å². The molecule has 2 rings (SSSR count). The normalized spacial score (nSPS) is 17.2. The molecule has 5 nitrogen and oxygen atoms in total. The van der Waals surface area contributed by atoms with E-state index in [2.05, 4.69) is 4.90 Å². The fourth-order valence-corrected chi connectivity index (χ4v) is 2.58. The Morgan fingerprint density at radius 1 is 1.25 bits per heavy atom. The Morgan fingerprint density at radius 3 is 2.80 bits per heavy atom. The number of amides is 1. The van der Waals surface area contributed by atoms with Crippen molar-refractivity contribution in [3.8, 4) is 0 Å². The summed E-state index contributed by atoms with van der Waals surface area (Å²) in [6.45, 7) is 7.29. The molecule has 1 aromatic heterocycles. The van der Waals surface area contributed by atoms with Crippen LogP contribution in [0.2, 0.25) is 0 Å². The molecule has 1 aliphatic heterocycles. The average Bonchev–Trinajstić information content (AvgIpc) is 2.74. The third-order valence-electron chi connectivity index (χ3n) is 3.76. The molecule has 0 bridgehead atoms. The third-order valence-corrected chi connectivity index (χ3v) is 3.76. The minimum Gasteiger partial charge on any atom is -0.456 e. The first-order valence-corrected chi connectivity index (χ1v) is 7.49. The smallest absolute Gasteiger partial charge is 0.289 e. The van der Waals surface area contributed by atoms with E-state index >= 15 is 0 Å². The van der Waals surface area contributed by atoms with Crippen LogP contribution in [0.4, 0.5) is 0 Å². The molecule has 2 heterocycles. The molecule has 1 saturated heterocycles. The predicted molar refractivity (Wildman–Crippen MR) is 78.7 cm³/mol. The lowest BCUT2D eigenvalue weighted by Gasteiger charge is -2.21. The highest BCUT2D eigenvalue weighted by molar-refractivity contribution is 5.91. The van der Waals surface area contributed by atoms with E-state index in [1.165, 1.54) is 0 Å². The zero-order valence-corrected chi connectivity index (χ0v) is 12.3. The van der Waals surface area contributed by atoms with E-state index in [0.29, 0.717) is 5.76 Å². The van der Waals surface area contributed by atoms with Crippen LogP contribution in [-0.4, -0.2) is 55.0 Å². The number of carbonyl (C=O) groups is 1. The van der Waals surface area contributed by atoms with Crippen LogP contribution in [0.5, 0.6) is 0 Å². The second-order valence-electron chi connectivity index (χ2n) is 5.39. The molecule has 0 unspecified atom stereocenters. The van der Waals surface area contributed by atoms with E-state index in [0.717, 1.165) is 64.3 Å². The molecular weight excluding hydrogens is 254 g/mol. The van der Waals surface area contributed by atoms with Crippen LogP contribution in [0.25, 0.3) is 0 Å². The molecule has 0 spiro atoms. The van der Waals surface area contributed by atoms with Crippen molar-refractivity contribution in [1.82, 2.24) is 9.80 Å². The summed E-state index contributed by atoms with van der Waals surface area (Å²) in [5.74, 6) is 1.26. The Kier molecular flexibility index (Phi) is 5.61. The largest absolute Gasteiger partial charge is 0.456 e. The summed E-state index contributed by atoms with van der Waals surface area (Å²) < 4.78 is 5.43. The maximum absolute atomic E-state index is 12.3. The Bertz CT molecular complexity index is 431. The van der Waals surface area contributed by atoms with Crippen LogP contribution < -0.4 is 5.73 Å². The number of aryl methyl sites for hydroxylation is 1. The molecule has 2 N–H and O–H groups in total. The molecule has 0 aromatic carbocycles. The Morgan fingerprint density at radius 2 is 2.10 bits per heavy atom. The van der Waals surface area contributed by atoms with Crippen molar-refractivity contribution in [3.05, 3.63) is 23.7 Å². The highest BCUT2D eigenvalue weighted by atomic mass is 16.3. The molecule has 1 aromatic rings. The predicted octanol–water partition coefficient (Wildman–Crippen LogP) is 1.47. The van der Waals surface area contributed by atoms with Gasteiger partial charge in [-0.25, -0.2) is 0 Å². The zero-order chi connectivity index (χ0) is 14.4. The van der Waals surface area contributed by atoms with Crippen LogP contribution >= 0.6 is 0 Å². The summed E-state index contributed by atoms with van der Waals surface area (Å²) in [6.07, 6.45) is 3.24. The molecule has 0 saturated carbocycles. The number of furan rings is 1. The van der Waals surface area contributed by atoms with E-state index < -0.39 is 0 Å². The summed E-state index contributed by atoms with van der Waals surface area (Å²) in [5.41, 5.74) is 5.52. The summed E-state index contributed by atoms with van der Waals surface area (Å²) >= 11 is 0. The van der Waals surface area contributed by atoms with Gasteiger partial charge in [0.2, 0.25) is 0 Å². The van der Waals surface area contributed by atoms with Gasteiger partial charge in [0.25, 0.3) is 5.91 Å². The number of nitrogens with two attached hydrogens (primary N) is 1. The Labute approximate surface area is 120 Å². The molecule has 20 heavy (non-hydrogen) atoms. The molecule has 0 atom stereocenters. The lowest BCUT2D eigenvalue weighted by Crippen LogP contribution is -2.35. The number of hydrogen-bond acceptors (Lipinski definition) is 4. The first-order valence-electron chi connectivity index (χ1n) is 7.49. The highest BCUT2D eigenvalue weighted by Crippen LogP contribution is 2.12. The van der Waals surface area contributed by atoms with Crippen LogP contribution in [0, 0.1) is 6.92 Å². The van der Waals surface area contributed by atoms with E-state index in [4.69, 9.17) is 10.2 Å². The summed E-state index contributed by atoms with van der Waals surface area (Å²) in [5, 5.41) is 0. The van der Waals surface area contributed by atoms with E-state index in [9.17, 15) is 4.79 Å². The number of unbranched alkanes of at least 4 members (excludes halogenated alkanes) is 1. The monoisotopic (exact) mass is 279 g/mol. The van der Waals surface area contributed by atoms with Crippen LogP contribution in [0.1, 0.15) is 35.6 Å². The maximum atomic E-state index is 12.3. The maximum Gasteiger partial charge on any atom is 0.289 e. The molecule has 112 valence electrons. The van der Waals surface area contributed by atoms with Crippen molar-refractivity contribution >= 4 is 5.91 Å². The van der Waals surface area contributed by atoms with Crippen molar-refractivity contribution in [1.29, 1.82) is 0 Å². The standard InChI is InChI=1S/C15H25N3O2/c1-13-5-6-14(20-13)15(19)18-10-4-9-17(11-12-18)8-3-2-7-16/h5-6H,2-4,7-12,16H2,1H3. The van der Waals surface area contributed by atoms with Gasteiger partial charge in [-0.2, -0.15) is 0 Å². The topological polar surface area (TPSA) is 62.7 Å². The fraction of sp³-hybridized carbons (Fsp3) is 0.667. The van der Waals surface area contributed by atoms with Gasteiger partial charge in [0.1, 0.15) is 5.76 Å². The van der Waals surface area contributed by atoms with Crippen molar-refractivity contribution in [2.75, 3.05) is 39.3 Å². The van der Waals surface area contributed by atoms with Gasteiger partial charge in [0, 0.05) is 19.6 Å². The fourth-order valence-electron chi connectivity index (χ4n) is 2.58. The number of hydrogen-bond donors (Lipinski definition) is 1. The zero-order valence-electron chi connectivity index (χ0n) is 12.3. The number of rotatable bonds is 5.